The van der Waals surface area contributed by atoms with E-state index >= 15 is 0 Å². The normalized spacial score (nSPS) is 11.8. The number of halogens is 3. The first kappa shape index (κ1) is 23.8. The van der Waals surface area contributed by atoms with Gasteiger partial charge in [-0.15, -0.1) is 0 Å². The van der Waals surface area contributed by atoms with Gasteiger partial charge in [-0.3, -0.25) is 4.79 Å². The van der Waals surface area contributed by atoms with E-state index in [1.165, 1.54) is 18.3 Å². The maximum Gasteiger partial charge on any atom is 0.345 e. The first-order chi connectivity index (χ1) is 15.3. The van der Waals surface area contributed by atoms with Gasteiger partial charge in [-0.05, 0) is 79.2 Å². The molecule has 3 aromatic rings. The number of carbonyl (C=O) groups is 2. The monoisotopic (exact) mass is 534 g/mol. The molecule has 3 aromatic carbocycles. The third kappa shape index (κ3) is 6.82. The Morgan fingerprint density at radius 2 is 1.66 bits per heavy atom. The molecular formula is C23H17BrCl2N2O4. The van der Waals surface area contributed by atoms with E-state index in [-0.39, 0.29) is 10.6 Å². The summed E-state index contributed by atoms with van der Waals surface area (Å²) in [5.41, 5.74) is 3.33. The van der Waals surface area contributed by atoms with Crippen LogP contribution in [0.5, 0.6) is 11.5 Å². The van der Waals surface area contributed by atoms with Crippen LogP contribution in [0.2, 0.25) is 10.0 Å². The lowest BCUT2D eigenvalue weighted by Gasteiger charge is -2.12. The van der Waals surface area contributed by atoms with Crippen molar-refractivity contribution in [1.29, 1.82) is 0 Å². The van der Waals surface area contributed by atoms with Gasteiger partial charge in [0.2, 0.25) is 0 Å². The van der Waals surface area contributed by atoms with Crippen LogP contribution in [-0.4, -0.2) is 24.2 Å². The second-order valence-corrected chi connectivity index (χ2v) is 8.29. The summed E-state index contributed by atoms with van der Waals surface area (Å²) in [7, 11) is 0. The number of benzene rings is 3. The second-order valence-electron chi connectivity index (χ2n) is 6.53. The maximum atomic E-state index is 12.3. The summed E-state index contributed by atoms with van der Waals surface area (Å²) in [5, 5.41) is 4.56. The molecule has 1 atom stereocenters. The number of carbonyl (C=O) groups excluding carboxylic acids is 2. The van der Waals surface area contributed by atoms with E-state index < -0.39 is 18.0 Å². The first-order valence-corrected chi connectivity index (χ1v) is 10.9. The molecule has 1 amide bonds. The van der Waals surface area contributed by atoms with Crippen molar-refractivity contribution in [2.45, 2.75) is 13.0 Å². The van der Waals surface area contributed by atoms with Gasteiger partial charge >= 0.3 is 5.97 Å². The molecule has 0 radical (unpaired) electrons. The van der Waals surface area contributed by atoms with E-state index in [4.69, 9.17) is 32.7 Å². The van der Waals surface area contributed by atoms with Gasteiger partial charge in [-0.2, -0.15) is 5.10 Å². The number of amides is 1. The molecule has 0 aromatic heterocycles. The molecule has 0 aliphatic heterocycles. The van der Waals surface area contributed by atoms with E-state index in [9.17, 15) is 9.59 Å². The van der Waals surface area contributed by atoms with Gasteiger partial charge in [0, 0.05) is 9.50 Å². The van der Waals surface area contributed by atoms with E-state index in [1.807, 2.05) is 12.1 Å². The molecule has 32 heavy (non-hydrogen) atoms. The van der Waals surface area contributed by atoms with Crippen molar-refractivity contribution in [3.05, 3.63) is 92.4 Å². The highest BCUT2D eigenvalue weighted by atomic mass is 79.9. The first-order valence-electron chi connectivity index (χ1n) is 9.34. The Bertz CT molecular complexity index is 1140. The number of rotatable bonds is 7. The number of hydrazone groups is 1. The lowest BCUT2D eigenvalue weighted by molar-refractivity contribution is -0.127. The van der Waals surface area contributed by atoms with Crippen LogP contribution in [-0.2, 0) is 4.79 Å². The molecule has 6 nitrogen and oxygen atoms in total. The number of hydrogen-bond donors (Lipinski definition) is 1. The zero-order chi connectivity index (χ0) is 23.1. The van der Waals surface area contributed by atoms with Crippen molar-refractivity contribution in [2.75, 3.05) is 0 Å². The Balaban J connectivity index is 1.51. The minimum Gasteiger partial charge on any atom is -0.481 e. The summed E-state index contributed by atoms with van der Waals surface area (Å²) in [6, 6.07) is 18.3. The Labute approximate surface area is 203 Å². The Morgan fingerprint density at radius 3 is 2.31 bits per heavy atom. The molecule has 1 N–H and O–H groups in total. The van der Waals surface area contributed by atoms with Crippen molar-refractivity contribution >= 4 is 57.2 Å². The molecule has 3 rings (SSSR count). The van der Waals surface area contributed by atoms with Crippen LogP contribution in [0.15, 0.2) is 76.3 Å². The van der Waals surface area contributed by atoms with Gasteiger partial charge in [0.1, 0.15) is 11.5 Å². The summed E-state index contributed by atoms with van der Waals surface area (Å²) in [6.07, 6.45) is 0.737. The number of nitrogens with zero attached hydrogens (tertiary/aromatic N) is 1. The molecule has 0 saturated carbocycles. The molecule has 9 heteroatoms. The molecule has 0 heterocycles. The molecule has 0 aliphatic rings. The van der Waals surface area contributed by atoms with Crippen LogP contribution in [0.3, 0.4) is 0 Å². The summed E-state index contributed by atoms with van der Waals surface area (Å²) < 4.78 is 11.8. The molecule has 0 saturated heterocycles. The second kappa shape index (κ2) is 11.1. The largest absolute Gasteiger partial charge is 0.481 e. The van der Waals surface area contributed by atoms with Gasteiger partial charge in [-0.25, -0.2) is 10.2 Å². The third-order valence-corrected chi connectivity index (χ3v) is 5.20. The van der Waals surface area contributed by atoms with Gasteiger partial charge in [0.25, 0.3) is 5.91 Å². The summed E-state index contributed by atoms with van der Waals surface area (Å²) >= 11 is 15.2. The minimum absolute atomic E-state index is 0.209. The molecule has 0 spiro atoms. The molecular weight excluding hydrogens is 519 g/mol. The highest BCUT2D eigenvalue weighted by Gasteiger charge is 2.14. The molecule has 0 unspecified atom stereocenters. The zero-order valence-electron chi connectivity index (χ0n) is 16.7. The van der Waals surface area contributed by atoms with E-state index in [1.54, 1.807) is 49.4 Å². The van der Waals surface area contributed by atoms with Crippen molar-refractivity contribution in [1.82, 2.24) is 5.43 Å². The van der Waals surface area contributed by atoms with Crippen LogP contribution in [0.1, 0.15) is 22.8 Å². The predicted octanol–water partition coefficient (Wildman–Crippen LogP) is 5.89. The average Bonchev–Trinajstić information content (AvgIpc) is 2.76. The van der Waals surface area contributed by atoms with E-state index in [0.29, 0.717) is 22.1 Å². The predicted molar refractivity (Wildman–Crippen MR) is 128 cm³/mol. The Hall–Kier alpha value is -2.87. The van der Waals surface area contributed by atoms with Gasteiger partial charge in [0.05, 0.1) is 16.8 Å². The molecule has 0 fully saturated rings. The molecule has 164 valence electrons. The summed E-state index contributed by atoms with van der Waals surface area (Å²) in [6.45, 7) is 1.63. The van der Waals surface area contributed by atoms with E-state index in [0.717, 1.165) is 4.47 Å². The SMILES string of the molecule is C[C@H](Oc1ccc(Br)cc1)C(=O)N/N=C\c1ccc(OC(=O)c2ccc(Cl)cc2Cl)cc1. The fourth-order valence-electron chi connectivity index (χ4n) is 2.47. The number of esters is 1. The minimum atomic E-state index is -0.727. The highest BCUT2D eigenvalue weighted by Crippen LogP contribution is 2.23. The Morgan fingerprint density at radius 1 is 1.00 bits per heavy atom. The molecule has 0 bridgehead atoms. The number of hydrogen-bond acceptors (Lipinski definition) is 5. The summed E-state index contributed by atoms with van der Waals surface area (Å²) in [4.78, 5) is 24.4. The van der Waals surface area contributed by atoms with Crippen molar-refractivity contribution in [3.63, 3.8) is 0 Å². The number of nitrogens with one attached hydrogen (secondary N) is 1. The van der Waals surface area contributed by atoms with Crippen molar-refractivity contribution in [3.8, 4) is 11.5 Å². The Kier molecular flexibility index (Phi) is 8.27. The maximum absolute atomic E-state index is 12.3. The lowest BCUT2D eigenvalue weighted by atomic mass is 10.2. The van der Waals surface area contributed by atoms with Crippen molar-refractivity contribution in [2.24, 2.45) is 5.10 Å². The van der Waals surface area contributed by atoms with Crippen LogP contribution in [0.4, 0.5) is 0 Å². The van der Waals surface area contributed by atoms with Crippen LogP contribution in [0.25, 0.3) is 0 Å². The van der Waals surface area contributed by atoms with Gasteiger partial charge in [0.15, 0.2) is 6.10 Å². The molecule has 0 aliphatic carbocycles. The highest BCUT2D eigenvalue weighted by molar-refractivity contribution is 9.10. The third-order valence-electron chi connectivity index (χ3n) is 4.13. The van der Waals surface area contributed by atoms with Crippen LogP contribution >= 0.6 is 39.1 Å². The number of ether oxygens (including phenoxy) is 2. The quantitative estimate of drug-likeness (QED) is 0.177. The standard InChI is InChI=1S/C23H17BrCl2N2O4/c1-14(31-18-9-4-16(24)5-10-18)22(29)28-27-13-15-2-7-19(8-3-15)32-23(30)20-11-6-17(25)12-21(20)26/h2-14H,1H3,(H,28,29)/b27-13-/t14-/m0/s1. The average molecular weight is 536 g/mol. The topological polar surface area (TPSA) is 77.0 Å². The fraction of sp³-hybridized carbons (Fsp3) is 0.0870. The fourth-order valence-corrected chi connectivity index (χ4v) is 3.22. The zero-order valence-corrected chi connectivity index (χ0v) is 19.8. The van der Waals surface area contributed by atoms with Gasteiger partial charge in [-0.1, -0.05) is 39.1 Å². The van der Waals surface area contributed by atoms with E-state index in [2.05, 4.69) is 26.5 Å². The van der Waals surface area contributed by atoms with Crippen molar-refractivity contribution < 1.29 is 19.1 Å². The van der Waals surface area contributed by atoms with Gasteiger partial charge < -0.3 is 9.47 Å². The smallest absolute Gasteiger partial charge is 0.345 e. The van der Waals surface area contributed by atoms with Crippen LogP contribution < -0.4 is 14.9 Å². The lowest BCUT2D eigenvalue weighted by Crippen LogP contribution is -2.33. The van der Waals surface area contributed by atoms with Crippen LogP contribution in [0, 0.1) is 0 Å². The summed E-state index contributed by atoms with van der Waals surface area (Å²) in [5.74, 6) is -0.0850.